The van der Waals surface area contributed by atoms with E-state index in [1.165, 1.54) is 5.56 Å². The maximum atomic E-state index is 4.68. The molecular formula is C17H17N3. The first-order valence-electron chi connectivity index (χ1n) is 6.85. The maximum absolute atomic E-state index is 4.68. The molecule has 0 atom stereocenters. The van der Waals surface area contributed by atoms with Gasteiger partial charge >= 0.3 is 0 Å². The number of fused-ring (bicyclic) bond motifs is 1. The summed E-state index contributed by atoms with van der Waals surface area (Å²) in [7, 11) is 0. The average molecular weight is 263 g/mol. The Hall–Kier alpha value is -2.42. The Balaban J connectivity index is 2.23. The second-order valence-electron chi connectivity index (χ2n) is 4.81. The quantitative estimate of drug-likeness (QED) is 0.775. The van der Waals surface area contributed by atoms with E-state index in [0.717, 1.165) is 34.7 Å². The third-order valence-electron chi connectivity index (χ3n) is 3.23. The fourth-order valence-corrected chi connectivity index (χ4v) is 2.26. The predicted molar refractivity (Wildman–Crippen MR) is 83.9 cm³/mol. The molecule has 1 heterocycles. The van der Waals surface area contributed by atoms with Crippen LogP contribution in [-0.2, 0) is 0 Å². The zero-order valence-electron chi connectivity index (χ0n) is 11.7. The Morgan fingerprint density at radius 1 is 1.00 bits per heavy atom. The number of benzene rings is 2. The van der Waals surface area contributed by atoms with Crippen molar-refractivity contribution >= 4 is 16.7 Å². The topological polar surface area (TPSA) is 37.8 Å². The molecule has 1 aromatic heterocycles. The molecule has 1 N–H and O–H groups in total. The molecule has 0 unspecified atom stereocenters. The molecule has 0 aliphatic carbocycles. The molecular weight excluding hydrogens is 246 g/mol. The van der Waals surface area contributed by atoms with Gasteiger partial charge < -0.3 is 5.32 Å². The van der Waals surface area contributed by atoms with Gasteiger partial charge in [0.25, 0.3) is 0 Å². The van der Waals surface area contributed by atoms with Crippen LogP contribution in [0.15, 0.2) is 48.5 Å². The van der Waals surface area contributed by atoms with E-state index in [2.05, 4.69) is 47.3 Å². The molecule has 3 aromatic rings. The number of anilines is 1. The van der Waals surface area contributed by atoms with E-state index in [1.54, 1.807) is 0 Å². The highest BCUT2D eigenvalue weighted by Crippen LogP contribution is 2.25. The van der Waals surface area contributed by atoms with Crippen LogP contribution in [0.2, 0.25) is 0 Å². The highest BCUT2D eigenvalue weighted by atomic mass is 15.0. The van der Waals surface area contributed by atoms with Crippen molar-refractivity contribution < 1.29 is 0 Å². The molecule has 0 aliphatic heterocycles. The van der Waals surface area contributed by atoms with E-state index in [0.29, 0.717) is 0 Å². The van der Waals surface area contributed by atoms with Crippen LogP contribution in [0.4, 0.5) is 5.82 Å². The van der Waals surface area contributed by atoms with Crippen molar-refractivity contribution in [1.82, 2.24) is 9.97 Å². The van der Waals surface area contributed by atoms with Crippen molar-refractivity contribution in [3.8, 4) is 11.4 Å². The maximum Gasteiger partial charge on any atom is 0.162 e. The molecule has 0 saturated carbocycles. The first-order chi connectivity index (χ1) is 9.78. The Kier molecular flexibility index (Phi) is 3.33. The predicted octanol–water partition coefficient (Wildman–Crippen LogP) is 4.04. The van der Waals surface area contributed by atoms with E-state index in [-0.39, 0.29) is 0 Å². The summed E-state index contributed by atoms with van der Waals surface area (Å²) in [4.78, 5) is 9.36. The molecule has 3 rings (SSSR count). The van der Waals surface area contributed by atoms with Gasteiger partial charge in [0.15, 0.2) is 5.82 Å². The van der Waals surface area contributed by atoms with E-state index in [9.17, 15) is 0 Å². The Bertz CT molecular complexity index is 736. The molecule has 100 valence electrons. The van der Waals surface area contributed by atoms with Gasteiger partial charge in [0.05, 0.1) is 5.52 Å². The summed E-state index contributed by atoms with van der Waals surface area (Å²) in [6.45, 7) is 5.00. The van der Waals surface area contributed by atoms with E-state index >= 15 is 0 Å². The van der Waals surface area contributed by atoms with Crippen molar-refractivity contribution in [2.45, 2.75) is 13.8 Å². The fraction of sp³-hybridized carbons (Fsp3) is 0.176. The second-order valence-corrected chi connectivity index (χ2v) is 4.81. The van der Waals surface area contributed by atoms with Crippen LogP contribution in [0.1, 0.15) is 12.5 Å². The number of aryl methyl sites for hydroxylation is 1. The Labute approximate surface area is 118 Å². The van der Waals surface area contributed by atoms with Crippen LogP contribution in [0.5, 0.6) is 0 Å². The molecule has 3 heteroatoms. The lowest BCUT2D eigenvalue weighted by atomic mass is 10.1. The number of aromatic nitrogens is 2. The van der Waals surface area contributed by atoms with Crippen molar-refractivity contribution in [1.29, 1.82) is 0 Å². The fourth-order valence-electron chi connectivity index (χ4n) is 2.26. The van der Waals surface area contributed by atoms with Gasteiger partial charge in [0, 0.05) is 17.5 Å². The Morgan fingerprint density at radius 2 is 1.80 bits per heavy atom. The van der Waals surface area contributed by atoms with E-state index in [1.807, 2.05) is 30.3 Å². The summed E-state index contributed by atoms with van der Waals surface area (Å²) in [6, 6.07) is 16.3. The zero-order valence-corrected chi connectivity index (χ0v) is 11.7. The smallest absolute Gasteiger partial charge is 0.162 e. The molecule has 0 aliphatic rings. The highest BCUT2D eigenvalue weighted by molar-refractivity contribution is 5.91. The molecule has 0 saturated heterocycles. The van der Waals surface area contributed by atoms with Gasteiger partial charge in [-0.25, -0.2) is 9.97 Å². The second kappa shape index (κ2) is 5.29. The SMILES string of the molecule is CCNc1nc(-c2ccccc2)nc2ccc(C)cc12. The standard InChI is InChI=1S/C17H17N3/c1-3-18-17-14-11-12(2)9-10-15(14)19-16(20-17)13-7-5-4-6-8-13/h4-11H,3H2,1-2H3,(H,18,19,20). The first kappa shape index (κ1) is 12.6. The number of nitrogens with one attached hydrogen (secondary N) is 1. The molecule has 0 spiro atoms. The molecule has 0 amide bonds. The van der Waals surface area contributed by atoms with Crippen molar-refractivity contribution in [3.05, 3.63) is 54.1 Å². The molecule has 20 heavy (non-hydrogen) atoms. The third-order valence-corrected chi connectivity index (χ3v) is 3.23. The molecule has 0 radical (unpaired) electrons. The van der Waals surface area contributed by atoms with E-state index in [4.69, 9.17) is 0 Å². The summed E-state index contributed by atoms with van der Waals surface area (Å²) in [5.41, 5.74) is 3.22. The zero-order chi connectivity index (χ0) is 13.9. The lowest BCUT2D eigenvalue weighted by molar-refractivity contribution is 1.14. The van der Waals surface area contributed by atoms with Crippen LogP contribution in [0.3, 0.4) is 0 Å². The van der Waals surface area contributed by atoms with Gasteiger partial charge in [-0.3, -0.25) is 0 Å². The van der Waals surface area contributed by atoms with Crippen LogP contribution < -0.4 is 5.32 Å². The minimum absolute atomic E-state index is 0.762. The summed E-state index contributed by atoms with van der Waals surface area (Å²) in [6.07, 6.45) is 0. The van der Waals surface area contributed by atoms with Gasteiger partial charge in [0.2, 0.25) is 0 Å². The van der Waals surface area contributed by atoms with Crippen molar-refractivity contribution in [3.63, 3.8) is 0 Å². The van der Waals surface area contributed by atoms with Gasteiger partial charge in [-0.2, -0.15) is 0 Å². The van der Waals surface area contributed by atoms with Crippen LogP contribution in [0.25, 0.3) is 22.3 Å². The largest absolute Gasteiger partial charge is 0.370 e. The Morgan fingerprint density at radius 3 is 2.55 bits per heavy atom. The summed E-state index contributed by atoms with van der Waals surface area (Å²) >= 11 is 0. The molecule has 0 bridgehead atoms. The summed E-state index contributed by atoms with van der Waals surface area (Å²) in [5, 5.41) is 4.41. The van der Waals surface area contributed by atoms with Gasteiger partial charge in [-0.1, -0.05) is 42.0 Å². The first-order valence-corrected chi connectivity index (χ1v) is 6.85. The minimum atomic E-state index is 0.762. The van der Waals surface area contributed by atoms with Crippen LogP contribution >= 0.6 is 0 Å². The summed E-state index contributed by atoms with van der Waals surface area (Å²) < 4.78 is 0. The normalized spacial score (nSPS) is 10.7. The van der Waals surface area contributed by atoms with Crippen molar-refractivity contribution in [2.24, 2.45) is 0 Å². The van der Waals surface area contributed by atoms with Gasteiger partial charge in [-0.05, 0) is 26.0 Å². The van der Waals surface area contributed by atoms with Crippen LogP contribution in [-0.4, -0.2) is 16.5 Å². The summed E-state index contributed by atoms with van der Waals surface area (Å²) in [5.74, 6) is 1.66. The third kappa shape index (κ3) is 2.35. The molecule has 2 aromatic carbocycles. The van der Waals surface area contributed by atoms with Crippen molar-refractivity contribution in [2.75, 3.05) is 11.9 Å². The van der Waals surface area contributed by atoms with Gasteiger partial charge in [-0.15, -0.1) is 0 Å². The van der Waals surface area contributed by atoms with E-state index < -0.39 is 0 Å². The van der Waals surface area contributed by atoms with Gasteiger partial charge in [0.1, 0.15) is 5.82 Å². The monoisotopic (exact) mass is 263 g/mol. The number of nitrogens with zero attached hydrogens (tertiary/aromatic N) is 2. The lowest BCUT2D eigenvalue weighted by Crippen LogP contribution is -2.03. The lowest BCUT2D eigenvalue weighted by Gasteiger charge is -2.10. The number of hydrogen-bond acceptors (Lipinski definition) is 3. The number of hydrogen-bond donors (Lipinski definition) is 1. The average Bonchev–Trinajstić information content (AvgIpc) is 2.49. The molecule has 3 nitrogen and oxygen atoms in total. The highest BCUT2D eigenvalue weighted by Gasteiger charge is 2.08. The minimum Gasteiger partial charge on any atom is -0.370 e. The number of rotatable bonds is 3. The molecule has 0 fully saturated rings. The van der Waals surface area contributed by atoms with Crippen LogP contribution in [0, 0.1) is 6.92 Å².